The Morgan fingerprint density at radius 1 is 1.62 bits per heavy atom. The SMILES string of the molecule is COC(=O)C(C)C1CCCNC1C. The molecule has 13 heavy (non-hydrogen) atoms. The van der Waals surface area contributed by atoms with Crippen LogP contribution >= 0.6 is 0 Å². The van der Waals surface area contributed by atoms with Crippen LogP contribution in [0.3, 0.4) is 0 Å². The molecule has 3 heteroatoms. The van der Waals surface area contributed by atoms with Crippen molar-refractivity contribution in [2.45, 2.75) is 32.7 Å². The topological polar surface area (TPSA) is 38.3 Å². The summed E-state index contributed by atoms with van der Waals surface area (Å²) in [5.74, 6) is 0.370. The summed E-state index contributed by atoms with van der Waals surface area (Å²) in [4.78, 5) is 11.3. The molecule has 0 spiro atoms. The van der Waals surface area contributed by atoms with E-state index in [9.17, 15) is 4.79 Å². The molecule has 0 radical (unpaired) electrons. The third kappa shape index (κ3) is 2.44. The van der Waals surface area contributed by atoms with E-state index in [2.05, 4.69) is 12.2 Å². The summed E-state index contributed by atoms with van der Waals surface area (Å²) in [7, 11) is 1.46. The van der Waals surface area contributed by atoms with Crippen molar-refractivity contribution in [3.63, 3.8) is 0 Å². The number of carbonyl (C=O) groups is 1. The van der Waals surface area contributed by atoms with Gasteiger partial charge in [-0.1, -0.05) is 6.92 Å². The quantitative estimate of drug-likeness (QED) is 0.657. The van der Waals surface area contributed by atoms with Gasteiger partial charge in [0.1, 0.15) is 0 Å². The fourth-order valence-corrected chi connectivity index (χ4v) is 2.11. The van der Waals surface area contributed by atoms with Gasteiger partial charge in [0.05, 0.1) is 13.0 Å². The summed E-state index contributed by atoms with van der Waals surface area (Å²) in [6, 6.07) is 0.433. The molecule has 0 aromatic heterocycles. The van der Waals surface area contributed by atoms with E-state index in [1.165, 1.54) is 7.11 Å². The van der Waals surface area contributed by atoms with Crippen molar-refractivity contribution >= 4 is 5.97 Å². The lowest BCUT2D eigenvalue weighted by Gasteiger charge is -2.32. The molecule has 1 heterocycles. The van der Waals surface area contributed by atoms with Gasteiger partial charge in [-0.3, -0.25) is 4.79 Å². The summed E-state index contributed by atoms with van der Waals surface area (Å²) in [5.41, 5.74) is 0. The zero-order chi connectivity index (χ0) is 9.84. The van der Waals surface area contributed by atoms with Gasteiger partial charge in [-0.15, -0.1) is 0 Å². The van der Waals surface area contributed by atoms with Crippen LogP contribution in [-0.2, 0) is 9.53 Å². The van der Waals surface area contributed by atoms with Crippen LogP contribution in [0.5, 0.6) is 0 Å². The highest BCUT2D eigenvalue weighted by Crippen LogP contribution is 2.25. The minimum absolute atomic E-state index is 0.0211. The van der Waals surface area contributed by atoms with E-state index in [0.29, 0.717) is 12.0 Å². The molecule has 0 saturated carbocycles. The first-order valence-corrected chi connectivity index (χ1v) is 4.98. The monoisotopic (exact) mass is 185 g/mol. The molecule has 3 atom stereocenters. The average molecular weight is 185 g/mol. The first kappa shape index (κ1) is 10.5. The molecule has 0 aromatic rings. The van der Waals surface area contributed by atoms with E-state index < -0.39 is 0 Å². The standard InChI is InChI=1S/C10H19NO2/c1-7(10(12)13-3)9-5-4-6-11-8(9)2/h7-9,11H,4-6H2,1-3H3. The van der Waals surface area contributed by atoms with Crippen molar-refractivity contribution in [3.8, 4) is 0 Å². The molecule has 0 aromatic carbocycles. The first-order valence-electron chi connectivity index (χ1n) is 4.98. The van der Waals surface area contributed by atoms with Crippen LogP contribution in [0.15, 0.2) is 0 Å². The van der Waals surface area contributed by atoms with Gasteiger partial charge in [0.25, 0.3) is 0 Å². The highest BCUT2D eigenvalue weighted by atomic mass is 16.5. The highest BCUT2D eigenvalue weighted by Gasteiger charge is 2.30. The van der Waals surface area contributed by atoms with E-state index in [4.69, 9.17) is 4.74 Å². The van der Waals surface area contributed by atoms with Crippen molar-refractivity contribution in [1.82, 2.24) is 5.32 Å². The van der Waals surface area contributed by atoms with Gasteiger partial charge in [0.2, 0.25) is 0 Å². The molecule has 1 aliphatic heterocycles. The Kier molecular flexibility index (Phi) is 3.72. The van der Waals surface area contributed by atoms with E-state index in [-0.39, 0.29) is 11.9 Å². The van der Waals surface area contributed by atoms with Crippen molar-refractivity contribution in [1.29, 1.82) is 0 Å². The minimum Gasteiger partial charge on any atom is -0.469 e. The van der Waals surface area contributed by atoms with Gasteiger partial charge in [-0.05, 0) is 32.2 Å². The van der Waals surface area contributed by atoms with E-state index in [1.807, 2.05) is 6.92 Å². The Balaban J connectivity index is 2.53. The molecule has 3 unspecified atom stereocenters. The molecule has 1 fully saturated rings. The Morgan fingerprint density at radius 3 is 2.85 bits per heavy atom. The lowest BCUT2D eigenvalue weighted by atomic mass is 9.82. The fourth-order valence-electron chi connectivity index (χ4n) is 2.11. The molecule has 0 aliphatic carbocycles. The van der Waals surface area contributed by atoms with Crippen LogP contribution in [0.1, 0.15) is 26.7 Å². The third-order valence-corrected chi connectivity index (χ3v) is 3.04. The summed E-state index contributed by atoms with van der Waals surface area (Å²) >= 11 is 0. The number of ether oxygens (including phenoxy) is 1. The van der Waals surface area contributed by atoms with Crippen molar-refractivity contribution in [2.24, 2.45) is 11.8 Å². The average Bonchev–Trinajstić information content (AvgIpc) is 2.16. The minimum atomic E-state index is -0.0828. The molecule has 3 nitrogen and oxygen atoms in total. The molecule has 0 amide bonds. The molecule has 0 bridgehead atoms. The van der Waals surface area contributed by atoms with Crippen molar-refractivity contribution in [3.05, 3.63) is 0 Å². The zero-order valence-corrected chi connectivity index (χ0v) is 8.67. The molecule has 1 N–H and O–H groups in total. The number of methoxy groups -OCH3 is 1. The van der Waals surface area contributed by atoms with Gasteiger partial charge in [-0.25, -0.2) is 0 Å². The number of carbonyl (C=O) groups excluding carboxylic acids is 1. The zero-order valence-electron chi connectivity index (χ0n) is 8.67. The Labute approximate surface area is 79.8 Å². The summed E-state index contributed by atoms with van der Waals surface area (Å²) in [6.45, 7) is 5.18. The van der Waals surface area contributed by atoms with Crippen LogP contribution in [0, 0.1) is 11.8 Å². The van der Waals surface area contributed by atoms with Crippen LogP contribution in [0.4, 0.5) is 0 Å². The second-order valence-corrected chi connectivity index (χ2v) is 3.86. The number of hydrogen-bond donors (Lipinski definition) is 1. The van der Waals surface area contributed by atoms with Gasteiger partial charge in [0.15, 0.2) is 0 Å². The van der Waals surface area contributed by atoms with Crippen LogP contribution in [0.25, 0.3) is 0 Å². The summed E-state index contributed by atoms with van der Waals surface area (Å²) in [6.07, 6.45) is 2.29. The van der Waals surface area contributed by atoms with Gasteiger partial charge < -0.3 is 10.1 Å². The van der Waals surface area contributed by atoms with Crippen molar-refractivity contribution in [2.75, 3.05) is 13.7 Å². The highest BCUT2D eigenvalue weighted by molar-refractivity contribution is 5.72. The Bertz CT molecular complexity index is 182. The lowest BCUT2D eigenvalue weighted by Crippen LogP contribution is -2.43. The third-order valence-electron chi connectivity index (χ3n) is 3.04. The van der Waals surface area contributed by atoms with Gasteiger partial charge in [0, 0.05) is 6.04 Å². The summed E-state index contributed by atoms with van der Waals surface area (Å²) < 4.78 is 4.75. The molecular formula is C10H19NO2. The molecule has 1 aliphatic rings. The second-order valence-electron chi connectivity index (χ2n) is 3.86. The number of rotatable bonds is 2. The molecule has 1 saturated heterocycles. The normalized spacial score (nSPS) is 31.0. The predicted octanol–water partition coefficient (Wildman–Crippen LogP) is 1.18. The van der Waals surface area contributed by atoms with Crippen LogP contribution < -0.4 is 5.32 Å². The molecule has 76 valence electrons. The van der Waals surface area contributed by atoms with Crippen LogP contribution in [-0.4, -0.2) is 25.7 Å². The Morgan fingerprint density at radius 2 is 2.31 bits per heavy atom. The maximum Gasteiger partial charge on any atom is 0.308 e. The first-order chi connectivity index (χ1) is 6.16. The van der Waals surface area contributed by atoms with Crippen molar-refractivity contribution < 1.29 is 9.53 Å². The van der Waals surface area contributed by atoms with E-state index in [1.54, 1.807) is 0 Å². The smallest absolute Gasteiger partial charge is 0.308 e. The van der Waals surface area contributed by atoms with Gasteiger partial charge in [-0.2, -0.15) is 0 Å². The number of hydrogen-bond acceptors (Lipinski definition) is 3. The summed E-state index contributed by atoms with van der Waals surface area (Å²) in [5, 5.41) is 3.38. The fraction of sp³-hybridized carbons (Fsp3) is 0.900. The number of esters is 1. The maximum absolute atomic E-state index is 11.3. The molecule has 1 rings (SSSR count). The molecular weight excluding hydrogens is 166 g/mol. The predicted molar refractivity (Wildman–Crippen MR) is 51.4 cm³/mol. The maximum atomic E-state index is 11.3. The van der Waals surface area contributed by atoms with Crippen LogP contribution in [0.2, 0.25) is 0 Å². The largest absolute Gasteiger partial charge is 0.469 e. The second kappa shape index (κ2) is 4.61. The number of nitrogens with one attached hydrogen (secondary N) is 1. The Hall–Kier alpha value is -0.570. The van der Waals surface area contributed by atoms with Gasteiger partial charge >= 0.3 is 5.97 Å². The lowest BCUT2D eigenvalue weighted by molar-refractivity contribution is -0.147. The van der Waals surface area contributed by atoms with E-state index in [0.717, 1.165) is 19.4 Å². The van der Waals surface area contributed by atoms with E-state index >= 15 is 0 Å². The number of piperidine rings is 1.